The third kappa shape index (κ3) is 2.80. The van der Waals surface area contributed by atoms with Crippen LogP contribution in [0.4, 0.5) is 10.1 Å². The molecule has 0 aliphatic heterocycles. The van der Waals surface area contributed by atoms with Crippen LogP contribution in [0.15, 0.2) is 40.8 Å². The van der Waals surface area contributed by atoms with Gasteiger partial charge < -0.3 is 14.8 Å². The predicted molar refractivity (Wildman–Crippen MR) is 89.5 cm³/mol. The molecule has 0 fully saturated rings. The molecule has 0 radical (unpaired) electrons. The van der Waals surface area contributed by atoms with Crippen molar-refractivity contribution in [3.8, 4) is 23.4 Å². The Kier molecular flexibility index (Phi) is 3.70. The molecule has 0 aliphatic carbocycles. The zero-order valence-electron chi connectivity index (χ0n) is 13.2. The van der Waals surface area contributed by atoms with E-state index in [0.717, 1.165) is 0 Å². The number of hydrogen-bond acceptors (Lipinski definition) is 7. The Morgan fingerprint density at radius 3 is 2.92 bits per heavy atom. The minimum absolute atomic E-state index is 0.101. The fraction of sp³-hybridized carbons (Fsp3) is 0.0588. The standard InChI is InChI=1S/C17H11FN6O2/c18-13-4-9-5-16(17-21-23-24-22-17)26-15(9)6-11(13)8-20-12-1-2-14(25)10(3-12)7-19/h1-6,20,25H,8H2,(H,21,22,23,24). The summed E-state index contributed by atoms with van der Waals surface area (Å²) in [6.45, 7) is 0.178. The van der Waals surface area contributed by atoms with Gasteiger partial charge in [0.05, 0.1) is 5.56 Å². The first-order chi connectivity index (χ1) is 12.6. The van der Waals surface area contributed by atoms with Crippen LogP contribution in [-0.2, 0) is 6.54 Å². The number of hydrogen-bond donors (Lipinski definition) is 3. The number of anilines is 1. The lowest BCUT2D eigenvalue weighted by atomic mass is 10.1. The summed E-state index contributed by atoms with van der Waals surface area (Å²) in [5.74, 6) is 0.268. The van der Waals surface area contributed by atoms with Crippen LogP contribution in [0.25, 0.3) is 22.6 Å². The van der Waals surface area contributed by atoms with Gasteiger partial charge in [-0.15, -0.1) is 5.10 Å². The molecule has 0 amide bonds. The first-order valence-electron chi connectivity index (χ1n) is 7.57. The summed E-state index contributed by atoms with van der Waals surface area (Å²) in [7, 11) is 0. The van der Waals surface area contributed by atoms with Crippen molar-refractivity contribution in [1.82, 2.24) is 20.6 Å². The van der Waals surface area contributed by atoms with E-state index in [2.05, 4.69) is 25.9 Å². The highest BCUT2D eigenvalue weighted by atomic mass is 19.1. The van der Waals surface area contributed by atoms with Crippen molar-refractivity contribution >= 4 is 16.7 Å². The van der Waals surface area contributed by atoms with Crippen LogP contribution < -0.4 is 5.32 Å². The second-order valence-corrected chi connectivity index (χ2v) is 5.54. The number of H-pyrrole nitrogens is 1. The number of nitrogens with one attached hydrogen (secondary N) is 2. The summed E-state index contributed by atoms with van der Waals surface area (Å²) in [5, 5.41) is 35.4. The van der Waals surface area contributed by atoms with E-state index in [9.17, 15) is 9.50 Å². The molecular formula is C17H11FN6O2. The molecule has 4 aromatic rings. The number of fused-ring (bicyclic) bond motifs is 1. The summed E-state index contributed by atoms with van der Waals surface area (Å²) in [4.78, 5) is 0. The van der Waals surface area contributed by atoms with Crippen molar-refractivity contribution in [2.24, 2.45) is 0 Å². The number of halogens is 1. The molecule has 2 heterocycles. The highest BCUT2D eigenvalue weighted by Gasteiger charge is 2.13. The molecule has 0 saturated heterocycles. The minimum Gasteiger partial charge on any atom is -0.507 e. The molecule has 0 aliphatic rings. The van der Waals surface area contributed by atoms with Crippen LogP contribution in [-0.4, -0.2) is 25.7 Å². The van der Waals surface area contributed by atoms with Gasteiger partial charge in [-0.1, -0.05) is 0 Å². The maximum Gasteiger partial charge on any atom is 0.215 e. The summed E-state index contributed by atoms with van der Waals surface area (Å²) in [6, 6.07) is 11.0. The molecule has 9 heteroatoms. The van der Waals surface area contributed by atoms with E-state index in [4.69, 9.17) is 9.68 Å². The van der Waals surface area contributed by atoms with Gasteiger partial charge in [-0.3, -0.25) is 0 Å². The van der Waals surface area contributed by atoms with Gasteiger partial charge in [-0.2, -0.15) is 5.26 Å². The monoisotopic (exact) mass is 350 g/mol. The van der Waals surface area contributed by atoms with E-state index < -0.39 is 5.82 Å². The molecule has 8 nitrogen and oxygen atoms in total. The Morgan fingerprint density at radius 1 is 1.27 bits per heavy atom. The first-order valence-corrected chi connectivity index (χ1v) is 7.57. The van der Waals surface area contributed by atoms with Gasteiger partial charge in [-0.25, -0.2) is 9.49 Å². The number of phenols is 1. The van der Waals surface area contributed by atoms with Crippen LogP contribution >= 0.6 is 0 Å². The van der Waals surface area contributed by atoms with Crippen LogP contribution in [0.3, 0.4) is 0 Å². The largest absolute Gasteiger partial charge is 0.507 e. The Morgan fingerprint density at radius 2 is 2.15 bits per heavy atom. The van der Waals surface area contributed by atoms with E-state index in [1.807, 2.05) is 6.07 Å². The lowest BCUT2D eigenvalue weighted by molar-refractivity contribution is 0.473. The third-order valence-electron chi connectivity index (χ3n) is 3.86. The van der Waals surface area contributed by atoms with Gasteiger partial charge in [0.2, 0.25) is 5.82 Å². The second kappa shape index (κ2) is 6.18. The summed E-state index contributed by atoms with van der Waals surface area (Å²) in [5.41, 5.74) is 1.62. The van der Waals surface area contributed by atoms with Crippen molar-refractivity contribution in [2.45, 2.75) is 6.54 Å². The number of nitriles is 1. The SMILES string of the molecule is N#Cc1cc(NCc2cc3oc(-c4nnn[nH]4)cc3cc2F)ccc1O. The first kappa shape index (κ1) is 15.6. The molecule has 26 heavy (non-hydrogen) atoms. The van der Waals surface area contributed by atoms with Gasteiger partial charge in [0.25, 0.3) is 0 Å². The molecule has 2 aromatic heterocycles. The molecule has 0 spiro atoms. The average Bonchev–Trinajstić information content (AvgIpc) is 3.30. The number of tetrazole rings is 1. The molecule has 4 rings (SSSR count). The average molecular weight is 350 g/mol. The summed E-state index contributed by atoms with van der Waals surface area (Å²) >= 11 is 0. The number of rotatable bonds is 4. The topological polar surface area (TPSA) is 124 Å². The Bertz CT molecular complexity index is 1130. The zero-order valence-corrected chi connectivity index (χ0v) is 13.2. The number of aromatic nitrogens is 4. The molecule has 0 unspecified atom stereocenters. The lowest BCUT2D eigenvalue weighted by Crippen LogP contribution is -2.02. The number of aromatic amines is 1. The molecular weight excluding hydrogens is 339 g/mol. The Hall–Kier alpha value is -3.93. The van der Waals surface area contributed by atoms with Crippen molar-refractivity contribution < 1.29 is 13.9 Å². The van der Waals surface area contributed by atoms with Crippen LogP contribution in [0.2, 0.25) is 0 Å². The third-order valence-corrected chi connectivity index (χ3v) is 3.86. The highest BCUT2D eigenvalue weighted by Crippen LogP contribution is 2.28. The van der Waals surface area contributed by atoms with E-state index in [-0.39, 0.29) is 17.9 Å². The zero-order chi connectivity index (χ0) is 18.1. The van der Waals surface area contributed by atoms with Crippen molar-refractivity contribution in [3.63, 3.8) is 0 Å². The Labute approximate surface area is 145 Å². The number of aromatic hydroxyl groups is 1. The van der Waals surface area contributed by atoms with Gasteiger partial charge in [0.15, 0.2) is 5.76 Å². The summed E-state index contributed by atoms with van der Waals surface area (Å²) in [6.07, 6.45) is 0. The van der Waals surface area contributed by atoms with E-state index in [0.29, 0.717) is 33.8 Å². The van der Waals surface area contributed by atoms with Crippen molar-refractivity contribution in [2.75, 3.05) is 5.32 Å². The maximum absolute atomic E-state index is 14.4. The maximum atomic E-state index is 14.4. The van der Waals surface area contributed by atoms with E-state index in [1.54, 1.807) is 18.2 Å². The fourth-order valence-corrected chi connectivity index (χ4v) is 2.55. The number of benzene rings is 2. The highest BCUT2D eigenvalue weighted by molar-refractivity contribution is 5.82. The lowest BCUT2D eigenvalue weighted by Gasteiger charge is -2.08. The molecule has 0 bridgehead atoms. The minimum atomic E-state index is -0.396. The normalized spacial score (nSPS) is 10.8. The smallest absolute Gasteiger partial charge is 0.215 e. The van der Waals surface area contributed by atoms with Crippen LogP contribution in [0.5, 0.6) is 5.75 Å². The second-order valence-electron chi connectivity index (χ2n) is 5.54. The quantitative estimate of drug-likeness (QED) is 0.483. The van der Waals surface area contributed by atoms with Gasteiger partial charge >= 0.3 is 0 Å². The van der Waals surface area contributed by atoms with Gasteiger partial charge in [0.1, 0.15) is 23.2 Å². The molecule has 0 atom stereocenters. The van der Waals surface area contributed by atoms with E-state index in [1.165, 1.54) is 18.2 Å². The van der Waals surface area contributed by atoms with E-state index >= 15 is 0 Å². The molecule has 2 aromatic carbocycles. The number of phenolic OH excluding ortho intramolecular Hbond substituents is 1. The molecule has 128 valence electrons. The van der Waals surface area contributed by atoms with Crippen molar-refractivity contribution in [1.29, 1.82) is 5.26 Å². The van der Waals surface area contributed by atoms with Gasteiger partial charge in [-0.05, 0) is 46.8 Å². The number of furan rings is 1. The number of nitrogens with zero attached hydrogens (tertiary/aromatic N) is 4. The Balaban J connectivity index is 1.60. The predicted octanol–water partition coefficient (Wildman–Crippen LogP) is 2.94. The van der Waals surface area contributed by atoms with Crippen LogP contribution in [0, 0.1) is 17.1 Å². The van der Waals surface area contributed by atoms with Crippen LogP contribution in [0.1, 0.15) is 11.1 Å². The molecule has 0 saturated carbocycles. The van der Waals surface area contributed by atoms with Gasteiger partial charge in [0, 0.05) is 23.2 Å². The summed E-state index contributed by atoms with van der Waals surface area (Å²) < 4.78 is 20.0. The molecule has 3 N–H and O–H groups in total. The fourth-order valence-electron chi connectivity index (χ4n) is 2.55. The van der Waals surface area contributed by atoms with Crippen molar-refractivity contribution in [3.05, 3.63) is 53.3 Å².